The van der Waals surface area contributed by atoms with Crippen molar-refractivity contribution >= 4 is 0 Å². The van der Waals surface area contributed by atoms with Crippen LogP contribution in [0.2, 0.25) is 0 Å². The molecule has 1 rings (SSSR count). The fourth-order valence-corrected chi connectivity index (χ4v) is 1.76. The Balaban J connectivity index is 2.51. The number of rotatable bonds is 2. The molecule has 64 valence electrons. The Kier molecular flexibility index (Phi) is 3.09. The van der Waals surface area contributed by atoms with Crippen molar-refractivity contribution in [1.29, 1.82) is 0 Å². The van der Waals surface area contributed by atoms with E-state index in [1.807, 2.05) is 13.0 Å². The molecule has 1 heterocycles. The van der Waals surface area contributed by atoms with Crippen LogP contribution in [0.1, 0.15) is 13.3 Å². The fraction of sp³-hybridized carbons (Fsp3) is 0.778. The highest BCUT2D eigenvalue weighted by Gasteiger charge is 2.25. The lowest BCUT2D eigenvalue weighted by Crippen LogP contribution is -2.40. The monoisotopic (exact) mass is 155 g/mol. The van der Waals surface area contributed by atoms with Gasteiger partial charge in [0.25, 0.3) is 0 Å². The van der Waals surface area contributed by atoms with Gasteiger partial charge < -0.3 is 10.4 Å². The van der Waals surface area contributed by atoms with Crippen LogP contribution < -0.4 is 5.32 Å². The lowest BCUT2D eigenvalue weighted by molar-refractivity contribution is 0.0829. The molecule has 1 aliphatic rings. The molecule has 0 aromatic rings. The normalized spacial score (nSPS) is 34.7. The second-order valence-corrected chi connectivity index (χ2v) is 3.30. The maximum atomic E-state index is 9.40. The molecule has 0 amide bonds. The summed E-state index contributed by atoms with van der Waals surface area (Å²) in [7, 11) is 0. The van der Waals surface area contributed by atoms with Crippen molar-refractivity contribution in [3.63, 3.8) is 0 Å². The Labute approximate surface area is 68.3 Å². The van der Waals surface area contributed by atoms with Gasteiger partial charge in [-0.3, -0.25) is 0 Å². The van der Waals surface area contributed by atoms with Crippen molar-refractivity contribution < 1.29 is 5.11 Å². The van der Waals surface area contributed by atoms with E-state index in [0.717, 1.165) is 19.5 Å². The van der Waals surface area contributed by atoms with Gasteiger partial charge in [0.1, 0.15) is 0 Å². The van der Waals surface area contributed by atoms with Crippen LogP contribution in [0.3, 0.4) is 0 Å². The molecule has 2 N–H and O–H groups in total. The molecule has 3 atom stereocenters. The Morgan fingerprint density at radius 2 is 2.45 bits per heavy atom. The highest BCUT2D eigenvalue weighted by molar-refractivity contribution is 4.91. The summed E-state index contributed by atoms with van der Waals surface area (Å²) >= 11 is 0. The summed E-state index contributed by atoms with van der Waals surface area (Å²) in [6, 6.07) is 0. The summed E-state index contributed by atoms with van der Waals surface area (Å²) in [5.74, 6) is 0.859. The van der Waals surface area contributed by atoms with Crippen molar-refractivity contribution in [2.45, 2.75) is 19.4 Å². The SMILES string of the molecule is C=C[C@H]1CNCC[C@@H]1C(C)O. The van der Waals surface area contributed by atoms with E-state index >= 15 is 0 Å². The van der Waals surface area contributed by atoms with Crippen LogP contribution in [0, 0.1) is 11.8 Å². The first-order chi connectivity index (χ1) is 5.25. The van der Waals surface area contributed by atoms with Crippen molar-refractivity contribution in [3.05, 3.63) is 12.7 Å². The standard InChI is InChI=1S/C9H17NO/c1-3-8-6-10-5-4-9(8)7(2)11/h3,7-11H,1,4-6H2,2H3/t7?,8-,9+/m0/s1. The summed E-state index contributed by atoms with van der Waals surface area (Å²) in [5, 5.41) is 12.7. The second kappa shape index (κ2) is 3.88. The lowest BCUT2D eigenvalue weighted by Gasteiger charge is -2.31. The van der Waals surface area contributed by atoms with Crippen LogP contribution in [0.25, 0.3) is 0 Å². The predicted octanol–water partition coefficient (Wildman–Crippen LogP) is 0.779. The molecule has 0 spiro atoms. The number of hydrogen-bond acceptors (Lipinski definition) is 2. The van der Waals surface area contributed by atoms with E-state index in [4.69, 9.17) is 0 Å². The average molecular weight is 155 g/mol. The third-order valence-corrected chi connectivity index (χ3v) is 2.51. The van der Waals surface area contributed by atoms with Crippen molar-refractivity contribution in [3.8, 4) is 0 Å². The summed E-state index contributed by atoms with van der Waals surface area (Å²) < 4.78 is 0. The summed E-state index contributed by atoms with van der Waals surface area (Å²) in [4.78, 5) is 0. The number of nitrogens with one attached hydrogen (secondary N) is 1. The number of aliphatic hydroxyl groups excluding tert-OH is 1. The lowest BCUT2D eigenvalue weighted by atomic mass is 9.83. The van der Waals surface area contributed by atoms with Crippen LogP contribution >= 0.6 is 0 Å². The summed E-state index contributed by atoms with van der Waals surface area (Å²) in [6.45, 7) is 7.63. The van der Waals surface area contributed by atoms with E-state index < -0.39 is 0 Å². The van der Waals surface area contributed by atoms with Crippen molar-refractivity contribution in [2.75, 3.05) is 13.1 Å². The van der Waals surface area contributed by atoms with Gasteiger partial charge in [-0.25, -0.2) is 0 Å². The van der Waals surface area contributed by atoms with Gasteiger partial charge in [0.05, 0.1) is 6.10 Å². The van der Waals surface area contributed by atoms with Crippen LogP contribution in [0.15, 0.2) is 12.7 Å². The third-order valence-electron chi connectivity index (χ3n) is 2.51. The van der Waals surface area contributed by atoms with Gasteiger partial charge in [-0.1, -0.05) is 6.08 Å². The maximum Gasteiger partial charge on any atom is 0.0546 e. The molecule has 0 aliphatic carbocycles. The van der Waals surface area contributed by atoms with Crippen LogP contribution in [-0.2, 0) is 0 Å². The predicted molar refractivity (Wildman–Crippen MR) is 46.3 cm³/mol. The molecule has 2 heteroatoms. The number of piperidine rings is 1. The smallest absolute Gasteiger partial charge is 0.0546 e. The minimum Gasteiger partial charge on any atom is -0.393 e. The van der Waals surface area contributed by atoms with E-state index in [0.29, 0.717) is 11.8 Å². The van der Waals surface area contributed by atoms with Gasteiger partial charge in [-0.05, 0) is 31.7 Å². The summed E-state index contributed by atoms with van der Waals surface area (Å²) in [5.41, 5.74) is 0. The Morgan fingerprint density at radius 3 is 2.91 bits per heavy atom. The molecule has 1 fully saturated rings. The molecule has 0 aromatic heterocycles. The molecule has 0 aromatic carbocycles. The first-order valence-electron chi connectivity index (χ1n) is 4.27. The zero-order chi connectivity index (χ0) is 8.27. The molecule has 0 radical (unpaired) electrons. The largest absolute Gasteiger partial charge is 0.393 e. The summed E-state index contributed by atoms with van der Waals surface area (Å²) in [6.07, 6.45) is 2.82. The molecule has 1 saturated heterocycles. The van der Waals surface area contributed by atoms with Crippen molar-refractivity contribution in [1.82, 2.24) is 5.32 Å². The van der Waals surface area contributed by atoms with Gasteiger partial charge in [-0.15, -0.1) is 6.58 Å². The van der Waals surface area contributed by atoms with E-state index in [1.165, 1.54) is 0 Å². The minimum absolute atomic E-state index is 0.194. The van der Waals surface area contributed by atoms with Crippen LogP contribution in [0.5, 0.6) is 0 Å². The fourth-order valence-electron chi connectivity index (χ4n) is 1.76. The minimum atomic E-state index is -0.194. The van der Waals surface area contributed by atoms with Gasteiger partial charge in [-0.2, -0.15) is 0 Å². The van der Waals surface area contributed by atoms with E-state index in [2.05, 4.69) is 11.9 Å². The molecule has 11 heavy (non-hydrogen) atoms. The van der Waals surface area contributed by atoms with E-state index in [1.54, 1.807) is 0 Å². The van der Waals surface area contributed by atoms with Crippen molar-refractivity contribution in [2.24, 2.45) is 11.8 Å². The van der Waals surface area contributed by atoms with Crippen LogP contribution in [-0.4, -0.2) is 24.3 Å². The number of hydrogen-bond donors (Lipinski definition) is 2. The van der Waals surface area contributed by atoms with Gasteiger partial charge in [0.15, 0.2) is 0 Å². The van der Waals surface area contributed by atoms with Gasteiger partial charge >= 0.3 is 0 Å². The van der Waals surface area contributed by atoms with Crippen LogP contribution in [0.4, 0.5) is 0 Å². The quantitative estimate of drug-likeness (QED) is 0.578. The Hall–Kier alpha value is -0.340. The Morgan fingerprint density at radius 1 is 1.73 bits per heavy atom. The second-order valence-electron chi connectivity index (χ2n) is 3.30. The molecule has 2 nitrogen and oxygen atoms in total. The number of aliphatic hydroxyl groups is 1. The Bertz CT molecular complexity index is 134. The van der Waals surface area contributed by atoms with E-state index in [-0.39, 0.29) is 6.10 Å². The zero-order valence-electron chi connectivity index (χ0n) is 7.09. The first kappa shape index (κ1) is 8.75. The zero-order valence-corrected chi connectivity index (χ0v) is 7.09. The molecular formula is C9H17NO. The first-order valence-corrected chi connectivity index (χ1v) is 4.27. The van der Waals surface area contributed by atoms with Gasteiger partial charge in [0, 0.05) is 6.54 Å². The average Bonchev–Trinajstić information content (AvgIpc) is 2.04. The topological polar surface area (TPSA) is 32.3 Å². The molecule has 1 unspecified atom stereocenters. The van der Waals surface area contributed by atoms with Gasteiger partial charge in [0.2, 0.25) is 0 Å². The molecule has 0 bridgehead atoms. The van der Waals surface area contributed by atoms with E-state index in [9.17, 15) is 5.11 Å². The highest BCUT2D eigenvalue weighted by Crippen LogP contribution is 2.23. The molecule has 1 aliphatic heterocycles. The highest BCUT2D eigenvalue weighted by atomic mass is 16.3. The maximum absolute atomic E-state index is 9.40. The third kappa shape index (κ3) is 2.04. The molecule has 0 saturated carbocycles. The molecular weight excluding hydrogens is 138 g/mol.